The lowest BCUT2D eigenvalue weighted by molar-refractivity contribution is -0.122. The number of hydrogen-bond donors (Lipinski definition) is 2. The fourth-order valence-corrected chi connectivity index (χ4v) is 4.28. The molecule has 2 saturated heterocycles. The number of aliphatic hydroxyl groups is 1. The molecule has 2 aliphatic rings. The van der Waals surface area contributed by atoms with Crippen LogP contribution in [0.4, 0.5) is 4.79 Å². The van der Waals surface area contributed by atoms with E-state index in [-0.39, 0.29) is 18.1 Å². The molecule has 2 N–H and O–H groups in total. The van der Waals surface area contributed by atoms with Crippen LogP contribution in [0.3, 0.4) is 0 Å². The second-order valence-electron chi connectivity index (χ2n) is 10.2. The molecule has 178 valence electrons. The zero-order valence-corrected chi connectivity index (χ0v) is 19.8. The number of amides is 2. The Labute approximate surface area is 192 Å². The standard InChI is InChI=1S/C25H39N3O4/c1-25(2,3)32-24(31)28-14-8-19(9-15-28)16-23(30)26-17-20-4-6-21(7-5-20)18-27-12-10-22(29)11-13-27/h4-7,19,22,29H,8-18H2,1-3H3,(H,26,30). The second-order valence-corrected chi connectivity index (χ2v) is 10.2. The largest absolute Gasteiger partial charge is 0.444 e. The van der Waals surface area contributed by atoms with Gasteiger partial charge in [0.2, 0.25) is 5.91 Å². The molecule has 7 nitrogen and oxygen atoms in total. The second kappa shape index (κ2) is 11.1. The molecule has 2 aliphatic heterocycles. The first-order valence-corrected chi connectivity index (χ1v) is 11.9. The molecule has 2 amide bonds. The fourth-order valence-electron chi connectivity index (χ4n) is 4.28. The van der Waals surface area contributed by atoms with Gasteiger partial charge in [-0.25, -0.2) is 4.79 Å². The van der Waals surface area contributed by atoms with Crippen molar-refractivity contribution in [1.82, 2.24) is 15.1 Å². The number of nitrogens with zero attached hydrogens (tertiary/aromatic N) is 2. The molecule has 7 heteroatoms. The fraction of sp³-hybridized carbons (Fsp3) is 0.680. The van der Waals surface area contributed by atoms with Crippen LogP contribution in [0.1, 0.15) is 64.0 Å². The zero-order chi connectivity index (χ0) is 23.1. The van der Waals surface area contributed by atoms with Crippen molar-refractivity contribution in [3.05, 3.63) is 35.4 Å². The van der Waals surface area contributed by atoms with Crippen molar-refractivity contribution in [3.8, 4) is 0 Å². The lowest BCUT2D eigenvalue weighted by atomic mass is 9.93. The first-order valence-electron chi connectivity index (χ1n) is 11.9. The Morgan fingerprint density at radius 2 is 1.59 bits per heavy atom. The van der Waals surface area contributed by atoms with E-state index in [1.54, 1.807) is 4.90 Å². The summed E-state index contributed by atoms with van der Waals surface area (Å²) >= 11 is 0. The van der Waals surface area contributed by atoms with E-state index in [0.29, 0.717) is 32.0 Å². The highest BCUT2D eigenvalue weighted by Crippen LogP contribution is 2.22. The molecule has 0 bridgehead atoms. The molecule has 0 spiro atoms. The summed E-state index contributed by atoms with van der Waals surface area (Å²) in [5.74, 6) is 0.371. The van der Waals surface area contributed by atoms with E-state index in [0.717, 1.165) is 50.9 Å². The number of rotatable bonds is 6. The lowest BCUT2D eigenvalue weighted by Crippen LogP contribution is -2.42. The topological polar surface area (TPSA) is 82.1 Å². The number of piperidine rings is 2. The Bertz CT molecular complexity index is 743. The van der Waals surface area contributed by atoms with Gasteiger partial charge in [-0.3, -0.25) is 9.69 Å². The van der Waals surface area contributed by atoms with Crippen molar-refractivity contribution in [1.29, 1.82) is 0 Å². The minimum atomic E-state index is -0.483. The highest BCUT2D eigenvalue weighted by Gasteiger charge is 2.27. The molecule has 1 aromatic rings. The molecular formula is C25H39N3O4. The summed E-state index contributed by atoms with van der Waals surface area (Å²) in [6, 6.07) is 8.40. The maximum absolute atomic E-state index is 12.4. The van der Waals surface area contributed by atoms with Crippen LogP contribution in [0.25, 0.3) is 0 Å². The maximum Gasteiger partial charge on any atom is 0.410 e. The number of nitrogens with one attached hydrogen (secondary N) is 1. The Balaban J connectivity index is 1.34. The molecular weight excluding hydrogens is 406 g/mol. The third-order valence-corrected chi connectivity index (χ3v) is 6.22. The summed E-state index contributed by atoms with van der Waals surface area (Å²) in [5.41, 5.74) is 1.87. The van der Waals surface area contributed by atoms with Gasteiger partial charge in [0.15, 0.2) is 0 Å². The number of carbonyl (C=O) groups excluding carboxylic acids is 2. The quantitative estimate of drug-likeness (QED) is 0.702. The van der Waals surface area contributed by atoms with Gasteiger partial charge in [0.05, 0.1) is 6.10 Å². The molecule has 32 heavy (non-hydrogen) atoms. The minimum absolute atomic E-state index is 0.0664. The Kier molecular flexibility index (Phi) is 8.54. The summed E-state index contributed by atoms with van der Waals surface area (Å²) in [6.07, 6.45) is 3.45. The zero-order valence-electron chi connectivity index (χ0n) is 19.8. The third kappa shape index (κ3) is 8.10. The van der Waals surface area contributed by atoms with Crippen molar-refractivity contribution in [2.75, 3.05) is 26.2 Å². The SMILES string of the molecule is CC(C)(C)OC(=O)N1CCC(CC(=O)NCc2ccc(CN3CCC(O)CC3)cc2)CC1. The summed E-state index contributed by atoms with van der Waals surface area (Å²) in [4.78, 5) is 28.7. The van der Waals surface area contributed by atoms with E-state index in [1.165, 1.54) is 5.56 Å². The van der Waals surface area contributed by atoms with E-state index < -0.39 is 5.60 Å². The normalized spacial score (nSPS) is 19.1. The molecule has 0 radical (unpaired) electrons. The summed E-state index contributed by atoms with van der Waals surface area (Å²) < 4.78 is 5.43. The van der Waals surface area contributed by atoms with E-state index >= 15 is 0 Å². The van der Waals surface area contributed by atoms with Gasteiger partial charge < -0.3 is 20.1 Å². The molecule has 2 heterocycles. The molecule has 0 saturated carbocycles. The number of carbonyl (C=O) groups is 2. The van der Waals surface area contributed by atoms with Crippen LogP contribution in [0.15, 0.2) is 24.3 Å². The van der Waals surface area contributed by atoms with Crippen molar-refractivity contribution in [3.63, 3.8) is 0 Å². The smallest absolute Gasteiger partial charge is 0.410 e. The highest BCUT2D eigenvalue weighted by atomic mass is 16.6. The van der Waals surface area contributed by atoms with Crippen molar-refractivity contribution < 1.29 is 19.4 Å². The molecule has 2 fully saturated rings. The number of benzene rings is 1. The number of ether oxygens (including phenoxy) is 1. The molecule has 0 atom stereocenters. The summed E-state index contributed by atoms with van der Waals surface area (Å²) in [5, 5.41) is 12.7. The van der Waals surface area contributed by atoms with E-state index in [2.05, 4.69) is 34.5 Å². The summed E-state index contributed by atoms with van der Waals surface area (Å²) in [7, 11) is 0. The Morgan fingerprint density at radius 1 is 1.00 bits per heavy atom. The van der Waals surface area contributed by atoms with E-state index in [4.69, 9.17) is 4.74 Å². The van der Waals surface area contributed by atoms with Gasteiger partial charge in [0, 0.05) is 45.7 Å². The monoisotopic (exact) mass is 445 g/mol. The van der Waals surface area contributed by atoms with Crippen LogP contribution in [0, 0.1) is 5.92 Å². The molecule has 0 aromatic heterocycles. The van der Waals surface area contributed by atoms with Crippen LogP contribution >= 0.6 is 0 Å². The molecule has 1 aromatic carbocycles. The molecule has 0 unspecified atom stereocenters. The average Bonchev–Trinajstić information content (AvgIpc) is 2.74. The number of aliphatic hydroxyl groups excluding tert-OH is 1. The molecule has 0 aliphatic carbocycles. The number of hydrogen-bond acceptors (Lipinski definition) is 5. The molecule has 3 rings (SSSR count). The predicted molar refractivity (Wildman–Crippen MR) is 124 cm³/mol. The van der Waals surface area contributed by atoms with Crippen molar-refractivity contribution in [2.45, 2.75) is 77.7 Å². The predicted octanol–water partition coefficient (Wildman–Crippen LogP) is 3.30. The third-order valence-electron chi connectivity index (χ3n) is 6.22. The van der Waals surface area contributed by atoms with Gasteiger partial charge in [0.25, 0.3) is 0 Å². The first-order chi connectivity index (χ1) is 15.2. The van der Waals surface area contributed by atoms with Crippen LogP contribution in [0.2, 0.25) is 0 Å². The van der Waals surface area contributed by atoms with Crippen molar-refractivity contribution >= 4 is 12.0 Å². The van der Waals surface area contributed by atoms with E-state index in [1.807, 2.05) is 20.8 Å². The Hall–Kier alpha value is -2.12. The van der Waals surface area contributed by atoms with Gasteiger partial charge >= 0.3 is 6.09 Å². The van der Waals surface area contributed by atoms with E-state index in [9.17, 15) is 14.7 Å². The van der Waals surface area contributed by atoms with Crippen molar-refractivity contribution in [2.24, 2.45) is 5.92 Å². The lowest BCUT2D eigenvalue weighted by Gasteiger charge is -2.33. The van der Waals surface area contributed by atoms with Crippen LogP contribution in [-0.2, 0) is 22.6 Å². The maximum atomic E-state index is 12.4. The van der Waals surface area contributed by atoms with Gasteiger partial charge in [-0.1, -0.05) is 24.3 Å². The van der Waals surface area contributed by atoms with Crippen LogP contribution < -0.4 is 5.32 Å². The summed E-state index contributed by atoms with van der Waals surface area (Å²) in [6.45, 7) is 10.2. The van der Waals surface area contributed by atoms with Crippen LogP contribution in [-0.4, -0.2) is 64.8 Å². The van der Waals surface area contributed by atoms with Gasteiger partial charge in [-0.05, 0) is 63.5 Å². The van der Waals surface area contributed by atoms with Gasteiger partial charge in [0.1, 0.15) is 5.60 Å². The van der Waals surface area contributed by atoms with Gasteiger partial charge in [-0.2, -0.15) is 0 Å². The highest BCUT2D eigenvalue weighted by molar-refractivity contribution is 5.76. The minimum Gasteiger partial charge on any atom is -0.444 e. The Morgan fingerprint density at radius 3 is 2.19 bits per heavy atom. The van der Waals surface area contributed by atoms with Crippen LogP contribution in [0.5, 0.6) is 0 Å². The number of likely N-dealkylation sites (tertiary alicyclic amines) is 2. The average molecular weight is 446 g/mol. The van der Waals surface area contributed by atoms with Gasteiger partial charge in [-0.15, -0.1) is 0 Å². The first kappa shape index (κ1) is 24.5.